The second kappa shape index (κ2) is 13.9. The van der Waals surface area contributed by atoms with Gasteiger partial charge in [0.15, 0.2) is 17.3 Å². The largest absolute Gasteiger partial charge is 0.493 e. The Morgan fingerprint density at radius 2 is 1.86 bits per heavy atom. The van der Waals surface area contributed by atoms with E-state index in [1.54, 1.807) is 57.0 Å². The Labute approximate surface area is 255 Å². The van der Waals surface area contributed by atoms with Gasteiger partial charge in [-0.1, -0.05) is 6.07 Å². The molecule has 1 heterocycles. The van der Waals surface area contributed by atoms with E-state index in [1.165, 1.54) is 13.0 Å². The molecule has 2 atom stereocenters. The summed E-state index contributed by atoms with van der Waals surface area (Å²) >= 11 is 1.61. The molecule has 230 valence electrons. The van der Waals surface area contributed by atoms with Gasteiger partial charge in [0, 0.05) is 31.3 Å². The van der Waals surface area contributed by atoms with Gasteiger partial charge in [-0.05, 0) is 73.1 Å². The van der Waals surface area contributed by atoms with Gasteiger partial charge in [-0.15, -0.1) is 0 Å². The quantitative estimate of drug-likeness (QED) is 0.294. The summed E-state index contributed by atoms with van der Waals surface area (Å²) in [5.74, 6) is 2.07. The van der Waals surface area contributed by atoms with Crippen LogP contribution in [0.5, 0.6) is 17.2 Å². The van der Waals surface area contributed by atoms with Crippen LogP contribution in [0.25, 0.3) is 11.1 Å². The number of thioether (sulfide) groups is 1. The molecule has 0 aliphatic heterocycles. The molecule has 11 nitrogen and oxygen atoms in total. The molecule has 0 radical (unpaired) electrons. The third-order valence-corrected chi connectivity index (χ3v) is 8.18. The number of nitrogens with one attached hydrogen (secondary N) is 3. The number of fused-ring (bicyclic) bond motifs is 3. The lowest BCUT2D eigenvalue weighted by Crippen LogP contribution is -2.36. The van der Waals surface area contributed by atoms with Crippen molar-refractivity contribution in [3.8, 4) is 28.4 Å². The third-order valence-electron chi connectivity index (χ3n) is 7.54. The molecule has 2 amide bonds. The number of amides is 2. The highest BCUT2D eigenvalue weighted by atomic mass is 32.2. The van der Waals surface area contributed by atoms with Gasteiger partial charge in [0.1, 0.15) is 6.04 Å². The van der Waals surface area contributed by atoms with Crippen LogP contribution in [-0.4, -0.2) is 61.0 Å². The van der Waals surface area contributed by atoms with Crippen molar-refractivity contribution in [1.82, 2.24) is 15.1 Å². The van der Waals surface area contributed by atoms with Crippen molar-refractivity contribution in [3.63, 3.8) is 0 Å². The molecule has 3 N–H and O–H groups in total. The second-order valence-electron chi connectivity index (χ2n) is 10.4. The molecular formula is C31H39N5O6S. The number of benzene rings is 1. The molecule has 0 fully saturated rings. The first-order valence-electron chi connectivity index (χ1n) is 14.0. The number of anilines is 2. The van der Waals surface area contributed by atoms with Crippen LogP contribution >= 0.6 is 11.8 Å². The monoisotopic (exact) mass is 609 g/mol. The SMILES string of the molecule is COc1cc2c(c(OC)c1OC)-c1ccc(NC(CCSC)C(=O)Nc3cc(C)n(C)n3)c(=O)cc1C(NC(C)=O)CC2. The molecule has 12 heteroatoms. The Morgan fingerprint density at radius 1 is 1.12 bits per heavy atom. The van der Waals surface area contributed by atoms with E-state index in [0.717, 1.165) is 16.8 Å². The van der Waals surface area contributed by atoms with Gasteiger partial charge in [0.05, 0.1) is 33.1 Å². The summed E-state index contributed by atoms with van der Waals surface area (Å²) in [5.41, 5.74) is 3.89. The summed E-state index contributed by atoms with van der Waals surface area (Å²) in [6.45, 7) is 3.35. The maximum absolute atomic E-state index is 13.8. The summed E-state index contributed by atoms with van der Waals surface area (Å²) < 4.78 is 18.8. The lowest BCUT2D eigenvalue weighted by atomic mass is 9.95. The van der Waals surface area contributed by atoms with Gasteiger partial charge < -0.3 is 30.2 Å². The number of nitrogens with zero attached hydrogens (tertiary/aromatic N) is 2. The standard InChI is InChI=1S/C31H39N5O6S/c1-17-14-27(35-36(17)3)34-31(39)24(12-13-43-7)33-23-11-9-20-21(16-25(23)38)22(32-18(2)37)10-8-19-15-26(40-4)29(41-5)30(42-6)28(19)20/h9,11,14-16,22,24H,8,10,12-13H2,1-7H3,(H,32,37)(H,33,38)(H,34,35,39). The molecule has 1 aliphatic carbocycles. The Hall–Kier alpha value is -4.19. The summed E-state index contributed by atoms with van der Waals surface area (Å²) in [7, 11) is 6.47. The van der Waals surface area contributed by atoms with Crippen LogP contribution in [0, 0.1) is 6.92 Å². The van der Waals surface area contributed by atoms with E-state index in [-0.39, 0.29) is 22.9 Å². The minimum atomic E-state index is -0.693. The number of aromatic nitrogens is 2. The van der Waals surface area contributed by atoms with E-state index in [9.17, 15) is 14.4 Å². The number of hydrogen-bond donors (Lipinski definition) is 3. The smallest absolute Gasteiger partial charge is 0.248 e. The zero-order valence-electron chi connectivity index (χ0n) is 25.6. The molecule has 1 aromatic heterocycles. The van der Waals surface area contributed by atoms with Crippen LogP contribution in [0.15, 0.2) is 35.1 Å². The van der Waals surface area contributed by atoms with E-state index in [4.69, 9.17) is 14.2 Å². The molecule has 0 saturated carbocycles. The predicted octanol–water partition coefficient (Wildman–Crippen LogP) is 4.08. The van der Waals surface area contributed by atoms with Gasteiger partial charge in [-0.25, -0.2) is 0 Å². The topological polar surface area (TPSA) is 133 Å². The molecule has 4 rings (SSSR count). The number of hydrogen-bond acceptors (Lipinski definition) is 9. The average molecular weight is 610 g/mol. The molecule has 2 aromatic carbocycles. The number of carbonyl (C=O) groups excluding carboxylic acids is 2. The fraction of sp³-hybridized carbons (Fsp3) is 0.419. The fourth-order valence-corrected chi connectivity index (χ4v) is 5.83. The van der Waals surface area contributed by atoms with Gasteiger partial charge in [-0.3, -0.25) is 19.1 Å². The number of ether oxygens (including phenoxy) is 3. The molecule has 0 saturated heterocycles. The van der Waals surface area contributed by atoms with Crippen LogP contribution in [0.4, 0.5) is 11.5 Å². The van der Waals surface area contributed by atoms with Crippen molar-refractivity contribution in [1.29, 1.82) is 0 Å². The van der Waals surface area contributed by atoms with Crippen molar-refractivity contribution in [3.05, 3.63) is 57.4 Å². The Balaban J connectivity index is 1.84. The molecule has 3 aromatic rings. The lowest BCUT2D eigenvalue weighted by Gasteiger charge is -2.19. The van der Waals surface area contributed by atoms with Crippen molar-refractivity contribution < 1.29 is 23.8 Å². The van der Waals surface area contributed by atoms with Crippen molar-refractivity contribution in [2.75, 3.05) is 44.0 Å². The zero-order chi connectivity index (χ0) is 31.3. The Morgan fingerprint density at radius 3 is 2.47 bits per heavy atom. The zero-order valence-corrected chi connectivity index (χ0v) is 26.4. The number of carbonyl (C=O) groups is 2. The lowest BCUT2D eigenvalue weighted by molar-refractivity contribution is -0.120. The maximum atomic E-state index is 13.8. The molecule has 0 bridgehead atoms. The average Bonchev–Trinajstić information content (AvgIpc) is 3.11. The highest BCUT2D eigenvalue weighted by Gasteiger charge is 2.30. The molecule has 43 heavy (non-hydrogen) atoms. The van der Waals surface area contributed by atoms with Gasteiger partial charge >= 0.3 is 0 Å². The van der Waals surface area contributed by atoms with E-state index in [0.29, 0.717) is 59.2 Å². The van der Waals surface area contributed by atoms with Crippen molar-refractivity contribution in [2.24, 2.45) is 7.05 Å². The first-order valence-corrected chi connectivity index (χ1v) is 15.4. The van der Waals surface area contributed by atoms with E-state index in [2.05, 4.69) is 21.0 Å². The molecule has 0 spiro atoms. The van der Waals surface area contributed by atoms with E-state index < -0.39 is 12.1 Å². The van der Waals surface area contributed by atoms with Gasteiger partial charge in [0.25, 0.3) is 0 Å². The van der Waals surface area contributed by atoms with Crippen LogP contribution in [-0.2, 0) is 23.1 Å². The number of methoxy groups -OCH3 is 3. The third kappa shape index (κ3) is 6.90. The van der Waals surface area contributed by atoms with Crippen LogP contribution in [0.2, 0.25) is 0 Å². The van der Waals surface area contributed by atoms with E-state index >= 15 is 0 Å². The summed E-state index contributed by atoms with van der Waals surface area (Å²) in [6, 6.07) is 7.62. The first-order chi connectivity index (χ1) is 20.6. The molecular weight excluding hydrogens is 570 g/mol. The van der Waals surface area contributed by atoms with Gasteiger partial charge in [-0.2, -0.15) is 16.9 Å². The number of rotatable bonds is 11. The van der Waals surface area contributed by atoms with Crippen LogP contribution < -0.4 is 35.6 Å². The first kappa shape index (κ1) is 31.7. The predicted molar refractivity (Wildman–Crippen MR) is 170 cm³/mol. The van der Waals surface area contributed by atoms with Crippen LogP contribution in [0.3, 0.4) is 0 Å². The highest BCUT2D eigenvalue weighted by molar-refractivity contribution is 7.98. The van der Waals surface area contributed by atoms with E-state index in [1.807, 2.05) is 25.3 Å². The van der Waals surface area contributed by atoms with Crippen LogP contribution in [0.1, 0.15) is 42.6 Å². The molecule has 2 unspecified atom stereocenters. The Bertz CT molecular complexity index is 1550. The van der Waals surface area contributed by atoms with Gasteiger partial charge in [0.2, 0.25) is 23.0 Å². The fourth-order valence-electron chi connectivity index (χ4n) is 5.35. The minimum absolute atomic E-state index is 0.208. The minimum Gasteiger partial charge on any atom is -0.493 e. The maximum Gasteiger partial charge on any atom is 0.248 e. The highest BCUT2D eigenvalue weighted by Crippen LogP contribution is 2.50. The summed E-state index contributed by atoms with van der Waals surface area (Å²) in [4.78, 5) is 39.4. The molecule has 1 aliphatic rings. The Kier molecular flexibility index (Phi) is 10.2. The normalized spacial score (nSPS) is 14.4. The summed E-state index contributed by atoms with van der Waals surface area (Å²) in [6.07, 6.45) is 3.59. The van der Waals surface area contributed by atoms with Crippen molar-refractivity contribution >= 4 is 35.1 Å². The summed E-state index contributed by atoms with van der Waals surface area (Å²) in [5, 5.41) is 13.4. The second-order valence-corrected chi connectivity index (χ2v) is 11.3. The van der Waals surface area contributed by atoms with Crippen molar-refractivity contribution in [2.45, 2.75) is 45.2 Å². The number of aryl methyl sites for hydroxylation is 3.